The first-order valence-electron chi connectivity index (χ1n) is 15.3. The molecule has 0 bridgehead atoms. The fourth-order valence-electron chi connectivity index (χ4n) is 4.77. The van der Waals surface area contributed by atoms with E-state index in [0.717, 1.165) is 12.0 Å². The first-order valence-corrected chi connectivity index (χ1v) is 15.3. The molecule has 46 heavy (non-hydrogen) atoms. The van der Waals surface area contributed by atoms with Crippen LogP contribution in [0.2, 0.25) is 0 Å². The summed E-state index contributed by atoms with van der Waals surface area (Å²) in [6.45, 7) is 6.22. The standard InChI is InChI=1S/C36H43N3O7/c1-5-6-9-20-29(41)36(45,23-14-17-25-15-10-7-11-16-25)33(43)39(30(42)24-38-34(44)46-35(2,3)4)27-21-22-28(40)32(37)31(27)26-18-12-8-13-19-26/h7-8,10-19,21-22,40,45H,5-6,9,20,23-24,37H2,1-4H3,(H,38,44)/t36-/m1/s1. The molecule has 10 nitrogen and oxygen atoms in total. The second kappa shape index (κ2) is 15.9. The van der Waals surface area contributed by atoms with Gasteiger partial charge in [-0.25, -0.2) is 9.69 Å². The molecule has 1 atom stereocenters. The Morgan fingerprint density at radius 1 is 0.935 bits per heavy atom. The van der Waals surface area contributed by atoms with Crippen LogP contribution < -0.4 is 16.0 Å². The number of ketones is 1. The van der Waals surface area contributed by atoms with Crippen LogP contribution in [0.5, 0.6) is 5.75 Å². The van der Waals surface area contributed by atoms with E-state index in [9.17, 15) is 29.4 Å². The van der Waals surface area contributed by atoms with Gasteiger partial charge in [-0.1, -0.05) is 92.6 Å². The van der Waals surface area contributed by atoms with Gasteiger partial charge in [-0.3, -0.25) is 14.4 Å². The normalized spacial score (nSPS) is 12.7. The molecule has 0 aliphatic heterocycles. The maximum Gasteiger partial charge on any atom is 0.408 e. The highest BCUT2D eigenvalue weighted by molar-refractivity contribution is 6.26. The average Bonchev–Trinajstić information content (AvgIpc) is 3.02. The van der Waals surface area contributed by atoms with E-state index in [-0.39, 0.29) is 29.1 Å². The third kappa shape index (κ3) is 9.28. The Hall–Kier alpha value is -4.96. The van der Waals surface area contributed by atoms with Crippen LogP contribution in [0.25, 0.3) is 17.2 Å². The average molecular weight is 630 g/mol. The summed E-state index contributed by atoms with van der Waals surface area (Å²) >= 11 is 0. The van der Waals surface area contributed by atoms with Crippen molar-refractivity contribution in [3.63, 3.8) is 0 Å². The number of nitrogens with one attached hydrogen (secondary N) is 1. The van der Waals surface area contributed by atoms with Crippen molar-refractivity contribution >= 4 is 41.1 Å². The number of ether oxygens (including phenoxy) is 1. The molecule has 10 heteroatoms. The molecule has 0 heterocycles. The van der Waals surface area contributed by atoms with Crippen LogP contribution >= 0.6 is 0 Å². The number of hydrogen-bond donors (Lipinski definition) is 4. The molecule has 0 unspecified atom stereocenters. The summed E-state index contributed by atoms with van der Waals surface area (Å²) in [6.07, 6.45) is 3.69. The van der Waals surface area contributed by atoms with E-state index in [1.165, 1.54) is 18.2 Å². The number of amides is 3. The third-order valence-electron chi connectivity index (χ3n) is 7.08. The van der Waals surface area contributed by atoms with Gasteiger partial charge in [-0.05, 0) is 50.5 Å². The molecule has 0 fully saturated rings. The minimum atomic E-state index is -2.65. The maximum absolute atomic E-state index is 14.5. The predicted octanol–water partition coefficient (Wildman–Crippen LogP) is 6.01. The second-order valence-corrected chi connectivity index (χ2v) is 11.9. The topological polar surface area (TPSA) is 159 Å². The lowest BCUT2D eigenvalue weighted by atomic mass is 9.88. The van der Waals surface area contributed by atoms with Gasteiger partial charge in [-0.15, -0.1) is 0 Å². The number of alkyl carbamates (subject to hydrolysis) is 1. The fourth-order valence-corrected chi connectivity index (χ4v) is 4.77. The minimum Gasteiger partial charge on any atom is -0.506 e. The number of rotatable bonds is 13. The number of imide groups is 1. The zero-order chi connectivity index (χ0) is 33.9. The van der Waals surface area contributed by atoms with E-state index in [1.54, 1.807) is 57.2 Å². The van der Waals surface area contributed by atoms with Gasteiger partial charge >= 0.3 is 6.09 Å². The molecule has 3 aromatic rings. The van der Waals surface area contributed by atoms with Crippen molar-refractivity contribution in [3.8, 4) is 16.9 Å². The molecule has 0 radical (unpaired) electrons. The van der Waals surface area contributed by atoms with Crippen molar-refractivity contribution in [2.45, 2.75) is 71.0 Å². The molecule has 0 saturated heterocycles. The lowest BCUT2D eigenvalue weighted by molar-refractivity contribution is -0.151. The Labute approximate surface area is 269 Å². The minimum absolute atomic E-state index is 0.0886. The summed E-state index contributed by atoms with van der Waals surface area (Å²) in [5.74, 6) is -3.24. The number of hydrogen-bond acceptors (Lipinski definition) is 8. The first kappa shape index (κ1) is 35.5. The zero-order valence-corrected chi connectivity index (χ0v) is 26.8. The Balaban J connectivity index is 2.16. The number of anilines is 2. The highest BCUT2D eigenvalue weighted by atomic mass is 16.6. The number of Topliss-reactive ketones (excluding diaryl/α,β-unsaturated/α-hetero) is 1. The summed E-state index contributed by atoms with van der Waals surface area (Å²) in [5.41, 5.74) is 3.95. The van der Waals surface area contributed by atoms with Crippen LogP contribution in [0.15, 0.2) is 78.9 Å². The number of phenolic OH excluding ortho intramolecular Hbond substituents is 1. The molecule has 0 spiro atoms. The maximum atomic E-state index is 14.5. The molecule has 0 aromatic heterocycles. The highest BCUT2D eigenvalue weighted by Gasteiger charge is 2.47. The lowest BCUT2D eigenvalue weighted by Crippen LogP contribution is -2.57. The Bertz CT molecular complexity index is 1550. The van der Waals surface area contributed by atoms with Crippen molar-refractivity contribution in [3.05, 3.63) is 84.4 Å². The highest BCUT2D eigenvalue weighted by Crippen LogP contribution is 2.42. The van der Waals surface area contributed by atoms with Gasteiger partial charge in [-0.2, -0.15) is 0 Å². The summed E-state index contributed by atoms with van der Waals surface area (Å²) in [4.78, 5) is 55.3. The molecule has 5 N–H and O–H groups in total. The van der Waals surface area contributed by atoms with Gasteiger partial charge in [0, 0.05) is 18.4 Å². The van der Waals surface area contributed by atoms with E-state index in [0.29, 0.717) is 23.3 Å². The van der Waals surface area contributed by atoms with Crippen molar-refractivity contribution < 1.29 is 34.1 Å². The van der Waals surface area contributed by atoms with Gasteiger partial charge in [0.25, 0.3) is 11.8 Å². The van der Waals surface area contributed by atoms with Gasteiger partial charge in [0.2, 0.25) is 5.60 Å². The number of carbonyl (C=O) groups is 4. The second-order valence-electron chi connectivity index (χ2n) is 11.9. The number of carbonyl (C=O) groups excluding carboxylic acids is 4. The molecular weight excluding hydrogens is 586 g/mol. The Morgan fingerprint density at radius 2 is 1.57 bits per heavy atom. The van der Waals surface area contributed by atoms with Crippen molar-refractivity contribution in [1.82, 2.24) is 5.32 Å². The van der Waals surface area contributed by atoms with E-state index < -0.39 is 47.9 Å². The van der Waals surface area contributed by atoms with E-state index >= 15 is 0 Å². The third-order valence-corrected chi connectivity index (χ3v) is 7.08. The molecule has 0 saturated carbocycles. The van der Waals surface area contributed by atoms with Crippen molar-refractivity contribution in [2.24, 2.45) is 0 Å². The number of aliphatic hydroxyl groups is 1. The summed E-state index contributed by atoms with van der Waals surface area (Å²) in [6, 6.07) is 20.2. The van der Waals surface area contributed by atoms with Crippen molar-refractivity contribution in [2.75, 3.05) is 17.2 Å². The quantitative estimate of drug-likeness (QED) is 0.0774. The van der Waals surface area contributed by atoms with E-state index in [2.05, 4.69) is 5.32 Å². The number of phenols is 1. The van der Waals surface area contributed by atoms with Crippen LogP contribution in [0, 0.1) is 0 Å². The SMILES string of the molecule is CCCCCC(=O)[C@](O)(CC=Cc1ccccc1)C(=O)N(C(=O)CNC(=O)OC(C)(C)C)c1ccc(O)c(N)c1-c1ccccc1. The van der Waals surface area contributed by atoms with Crippen LogP contribution in [0.4, 0.5) is 16.2 Å². The summed E-state index contributed by atoms with van der Waals surface area (Å²) in [5, 5.41) is 24.9. The number of aromatic hydroxyl groups is 1. The van der Waals surface area contributed by atoms with Gasteiger partial charge in [0.05, 0.1) is 11.4 Å². The largest absolute Gasteiger partial charge is 0.506 e. The number of nitrogens with zero attached hydrogens (tertiary/aromatic N) is 1. The first-order chi connectivity index (χ1) is 21.8. The monoisotopic (exact) mass is 629 g/mol. The van der Waals surface area contributed by atoms with Crippen LogP contribution in [-0.2, 0) is 19.1 Å². The number of unbranched alkanes of at least 4 members (excludes halogenated alkanes) is 2. The Kier molecular flexibility index (Phi) is 12.2. The summed E-state index contributed by atoms with van der Waals surface area (Å²) < 4.78 is 5.25. The lowest BCUT2D eigenvalue weighted by Gasteiger charge is -2.32. The number of benzene rings is 3. The van der Waals surface area contributed by atoms with E-state index in [1.807, 2.05) is 37.3 Å². The Morgan fingerprint density at radius 3 is 2.17 bits per heavy atom. The smallest absolute Gasteiger partial charge is 0.408 e. The van der Waals surface area contributed by atoms with Gasteiger partial charge in [0.15, 0.2) is 5.78 Å². The molecular formula is C36H43N3O7. The molecule has 0 aliphatic rings. The molecule has 244 valence electrons. The number of nitrogens with two attached hydrogens (primary N) is 1. The molecule has 0 aliphatic carbocycles. The van der Waals surface area contributed by atoms with Gasteiger partial charge in [0.1, 0.15) is 17.9 Å². The van der Waals surface area contributed by atoms with Crippen LogP contribution in [0.1, 0.15) is 65.4 Å². The van der Waals surface area contributed by atoms with Gasteiger partial charge < -0.3 is 26.0 Å². The van der Waals surface area contributed by atoms with Crippen LogP contribution in [-0.4, -0.2) is 51.7 Å². The molecule has 3 amide bonds. The molecule has 3 aromatic carbocycles. The number of nitrogen functional groups attached to an aromatic ring is 1. The van der Waals surface area contributed by atoms with Crippen molar-refractivity contribution in [1.29, 1.82) is 0 Å². The fraction of sp³-hybridized carbons (Fsp3) is 0.333. The molecule has 3 rings (SSSR count). The summed E-state index contributed by atoms with van der Waals surface area (Å²) in [7, 11) is 0. The zero-order valence-electron chi connectivity index (χ0n) is 26.8. The predicted molar refractivity (Wildman–Crippen MR) is 179 cm³/mol. The van der Waals surface area contributed by atoms with Crippen LogP contribution in [0.3, 0.4) is 0 Å². The van der Waals surface area contributed by atoms with E-state index in [4.69, 9.17) is 10.5 Å².